The first kappa shape index (κ1) is 21.1. The average Bonchev–Trinajstić information content (AvgIpc) is 2.48. The molecule has 0 saturated heterocycles. The molecule has 0 spiro atoms. The second-order valence-electron chi connectivity index (χ2n) is 5.51. The third-order valence-electron chi connectivity index (χ3n) is 3.63. The molecule has 0 aromatic carbocycles. The zero-order valence-corrected chi connectivity index (χ0v) is 16.3. The highest BCUT2D eigenvalue weighted by molar-refractivity contribution is 14.0. The van der Waals surface area contributed by atoms with Gasteiger partial charge in [0.05, 0.1) is 0 Å². The summed E-state index contributed by atoms with van der Waals surface area (Å²) in [4.78, 5) is 8.46. The van der Waals surface area contributed by atoms with Crippen molar-refractivity contribution in [2.24, 2.45) is 10.7 Å². The number of rotatable bonds is 10. The normalized spacial score (nSPS) is 11.1. The zero-order valence-electron chi connectivity index (χ0n) is 14.0. The Morgan fingerprint density at radius 1 is 1.23 bits per heavy atom. The van der Waals surface area contributed by atoms with E-state index in [2.05, 4.69) is 35.2 Å². The number of nitrogens with zero attached hydrogens (tertiary/aromatic N) is 2. The molecule has 0 aliphatic carbocycles. The number of nitrogens with one attached hydrogen (secondary N) is 1. The second kappa shape index (κ2) is 13.8. The van der Waals surface area contributed by atoms with E-state index in [0.717, 1.165) is 25.9 Å². The van der Waals surface area contributed by atoms with Crippen LogP contribution in [0.15, 0.2) is 23.5 Å². The summed E-state index contributed by atoms with van der Waals surface area (Å²) in [5, 5.41) is 3.18. The highest BCUT2D eigenvalue weighted by Gasteiger charge is 1.98. The third-order valence-corrected chi connectivity index (χ3v) is 3.63. The van der Waals surface area contributed by atoms with Crippen LogP contribution >= 0.6 is 24.0 Å². The molecule has 1 aromatic rings. The van der Waals surface area contributed by atoms with E-state index in [-0.39, 0.29) is 24.0 Å². The number of unbranched alkanes of at least 4 members (excludes halogenated alkanes) is 5. The van der Waals surface area contributed by atoms with Crippen LogP contribution in [-0.4, -0.2) is 24.0 Å². The Hall–Kier alpha value is -0.850. The molecule has 3 N–H and O–H groups in total. The van der Waals surface area contributed by atoms with Gasteiger partial charge in [-0.3, -0.25) is 9.98 Å². The molecule has 0 fully saturated rings. The van der Waals surface area contributed by atoms with E-state index < -0.39 is 0 Å². The van der Waals surface area contributed by atoms with E-state index in [1.54, 1.807) is 0 Å². The maximum absolute atomic E-state index is 5.86. The highest BCUT2D eigenvalue weighted by Crippen LogP contribution is 2.05. The number of aliphatic imine (C=N–C) groups is 1. The van der Waals surface area contributed by atoms with Gasteiger partial charge >= 0.3 is 0 Å². The Morgan fingerprint density at radius 2 is 1.95 bits per heavy atom. The molecule has 0 amide bonds. The number of guanidine groups is 1. The van der Waals surface area contributed by atoms with Crippen molar-refractivity contribution in [3.8, 4) is 0 Å². The summed E-state index contributed by atoms with van der Waals surface area (Å²) in [6, 6.07) is 2.06. The van der Waals surface area contributed by atoms with E-state index in [9.17, 15) is 0 Å². The smallest absolute Gasteiger partial charge is 0.188 e. The molecular weight excluding hydrogens is 387 g/mol. The maximum Gasteiger partial charge on any atom is 0.188 e. The van der Waals surface area contributed by atoms with E-state index in [4.69, 9.17) is 5.73 Å². The van der Waals surface area contributed by atoms with Crippen molar-refractivity contribution in [1.29, 1.82) is 0 Å². The lowest BCUT2D eigenvalue weighted by molar-refractivity contribution is 0.611. The van der Waals surface area contributed by atoms with E-state index >= 15 is 0 Å². The number of pyridine rings is 1. The van der Waals surface area contributed by atoms with Crippen molar-refractivity contribution >= 4 is 29.9 Å². The number of nitrogens with two attached hydrogens (primary N) is 1. The molecule has 1 rings (SSSR count). The first-order chi connectivity index (χ1) is 10.2. The Bertz CT molecular complexity index is 421. The summed E-state index contributed by atoms with van der Waals surface area (Å²) >= 11 is 0. The first-order valence-corrected chi connectivity index (χ1v) is 8.17. The van der Waals surface area contributed by atoms with Crippen molar-refractivity contribution in [2.75, 3.05) is 13.1 Å². The Morgan fingerprint density at radius 3 is 2.68 bits per heavy atom. The molecule has 4 nitrogen and oxygen atoms in total. The van der Waals surface area contributed by atoms with Gasteiger partial charge in [-0.25, -0.2) is 0 Å². The van der Waals surface area contributed by atoms with Crippen LogP contribution in [-0.2, 0) is 6.42 Å². The van der Waals surface area contributed by atoms with Gasteiger partial charge in [0.25, 0.3) is 0 Å². The van der Waals surface area contributed by atoms with Gasteiger partial charge < -0.3 is 11.1 Å². The van der Waals surface area contributed by atoms with Gasteiger partial charge in [-0.15, -0.1) is 24.0 Å². The monoisotopic (exact) mass is 418 g/mol. The number of halogens is 1. The molecule has 0 aliphatic rings. The zero-order chi connectivity index (χ0) is 15.3. The minimum Gasteiger partial charge on any atom is -0.370 e. The van der Waals surface area contributed by atoms with Crippen molar-refractivity contribution in [1.82, 2.24) is 10.3 Å². The summed E-state index contributed by atoms with van der Waals surface area (Å²) in [7, 11) is 0. The third kappa shape index (κ3) is 9.97. The minimum atomic E-state index is 0. The van der Waals surface area contributed by atoms with Crippen LogP contribution in [0.25, 0.3) is 0 Å². The minimum absolute atomic E-state index is 0. The summed E-state index contributed by atoms with van der Waals surface area (Å²) in [6.45, 7) is 5.97. The predicted octanol–water partition coefficient (Wildman–Crippen LogP) is 3.82. The number of aromatic nitrogens is 1. The number of hydrogen-bond acceptors (Lipinski definition) is 2. The van der Waals surface area contributed by atoms with Crippen LogP contribution in [0.5, 0.6) is 0 Å². The van der Waals surface area contributed by atoms with Crippen LogP contribution in [0.1, 0.15) is 56.6 Å². The van der Waals surface area contributed by atoms with Crippen molar-refractivity contribution in [3.63, 3.8) is 0 Å². The Labute approximate surface area is 152 Å². The average molecular weight is 418 g/mol. The summed E-state index contributed by atoms with van der Waals surface area (Å²) in [5.74, 6) is 0.565. The van der Waals surface area contributed by atoms with Crippen LogP contribution in [0.3, 0.4) is 0 Å². The molecular formula is C17H31IN4. The van der Waals surface area contributed by atoms with Gasteiger partial charge in [-0.1, -0.05) is 39.0 Å². The summed E-state index contributed by atoms with van der Waals surface area (Å²) in [6.07, 6.45) is 12.4. The number of hydrogen-bond donors (Lipinski definition) is 2. The molecule has 0 aliphatic heterocycles. The topological polar surface area (TPSA) is 63.3 Å². The molecule has 0 radical (unpaired) electrons. The van der Waals surface area contributed by atoms with Crippen LogP contribution < -0.4 is 11.1 Å². The quantitative estimate of drug-likeness (QED) is 0.263. The van der Waals surface area contributed by atoms with E-state index in [1.165, 1.54) is 43.2 Å². The Balaban J connectivity index is 0.00000441. The molecule has 1 heterocycles. The standard InChI is InChI=1S/C17H30N4.HI/c1-3-4-5-6-7-8-11-20-17(18)21-13-10-16-9-12-19-14-15(16)2;/h9,12,14H,3-8,10-11,13H2,1-2H3,(H3,18,20,21);1H. The molecule has 0 unspecified atom stereocenters. The SMILES string of the molecule is CCCCCCCCN=C(N)NCCc1ccncc1C.I. The molecule has 22 heavy (non-hydrogen) atoms. The molecule has 1 aromatic heterocycles. The predicted molar refractivity (Wildman–Crippen MR) is 106 cm³/mol. The van der Waals surface area contributed by atoms with Gasteiger partial charge in [0.15, 0.2) is 5.96 Å². The molecule has 0 saturated carbocycles. The molecule has 0 bridgehead atoms. The fourth-order valence-corrected chi connectivity index (χ4v) is 2.26. The van der Waals surface area contributed by atoms with Gasteiger partial charge in [0, 0.05) is 25.5 Å². The van der Waals surface area contributed by atoms with E-state index in [0.29, 0.717) is 5.96 Å². The lowest BCUT2D eigenvalue weighted by atomic mass is 10.1. The summed E-state index contributed by atoms with van der Waals surface area (Å²) < 4.78 is 0. The Kier molecular flexibility index (Phi) is 13.3. The largest absolute Gasteiger partial charge is 0.370 e. The second-order valence-corrected chi connectivity index (χ2v) is 5.51. The fourth-order valence-electron chi connectivity index (χ4n) is 2.26. The van der Waals surface area contributed by atoms with Crippen molar-refractivity contribution in [3.05, 3.63) is 29.6 Å². The van der Waals surface area contributed by atoms with Gasteiger partial charge in [-0.2, -0.15) is 0 Å². The van der Waals surface area contributed by atoms with Gasteiger partial charge in [0.2, 0.25) is 0 Å². The molecule has 0 atom stereocenters. The molecule has 5 heteroatoms. The first-order valence-electron chi connectivity index (χ1n) is 8.17. The lowest BCUT2D eigenvalue weighted by Crippen LogP contribution is -2.33. The van der Waals surface area contributed by atoms with E-state index in [1.807, 2.05) is 12.4 Å². The summed E-state index contributed by atoms with van der Waals surface area (Å²) in [5.41, 5.74) is 8.40. The number of aryl methyl sites for hydroxylation is 1. The van der Waals surface area contributed by atoms with Gasteiger partial charge in [0.1, 0.15) is 0 Å². The fraction of sp³-hybridized carbons (Fsp3) is 0.647. The highest BCUT2D eigenvalue weighted by atomic mass is 127. The van der Waals surface area contributed by atoms with Crippen molar-refractivity contribution < 1.29 is 0 Å². The van der Waals surface area contributed by atoms with Crippen LogP contribution in [0, 0.1) is 6.92 Å². The van der Waals surface area contributed by atoms with Gasteiger partial charge in [-0.05, 0) is 37.0 Å². The van der Waals surface area contributed by atoms with Crippen LogP contribution in [0.4, 0.5) is 0 Å². The van der Waals surface area contributed by atoms with Crippen LogP contribution in [0.2, 0.25) is 0 Å². The lowest BCUT2D eigenvalue weighted by Gasteiger charge is -2.07. The maximum atomic E-state index is 5.86. The van der Waals surface area contributed by atoms with Crippen molar-refractivity contribution in [2.45, 2.75) is 58.8 Å². The molecule has 126 valence electrons.